The molecule has 0 unspecified atom stereocenters. The van der Waals surface area contributed by atoms with Crippen molar-refractivity contribution in [2.24, 2.45) is 0 Å². The molecule has 118 valence electrons. The number of carboxylic acids is 1. The average Bonchev–Trinajstić information content (AvgIpc) is 3.04. The molecular formula is C14H15ClN2O3S2. The van der Waals surface area contributed by atoms with E-state index < -0.39 is 5.97 Å². The van der Waals surface area contributed by atoms with Crippen LogP contribution in [0.5, 0.6) is 0 Å². The van der Waals surface area contributed by atoms with Gasteiger partial charge in [0.1, 0.15) is 11.6 Å². The molecule has 1 N–H and O–H groups in total. The van der Waals surface area contributed by atoms with E-state index in [0.29, 0.717) is 10.0 Å². The molecule has 2 heterocycles. The number of thiophene rings is 1. The van der Waals surface area contributed by atoms with Crippen LogP contribution in [0.15, 0.2) is 17.5 Å². The predicted molar refractivity (Wildman–Crippen MR) is 88.6 cm³/mol. The Morgan fingerprint density at radius 3 is 2.68 bits per heavy atom. The summed E-state index contributed by atoms with van der Waals surface area (Å²) in [6, 6.07) is 3.53. The van der Waals surface area contributed by atoms with Gasteiger partial charge in [-0.05, 0) is 26.0 Å². The lowest BCUT2D eigenvalue weighted by molar-refractivity contribution is -0.145. The van der Waals surface area contributed by atoms with Crippen LogP contribution in [0, 0.1) is 0 Å². The molecule has 0 aliphatic rings. The Morgan fingerprint density at radius 2 is 2.14 bits per heavy atom. The molecule has 2 aromatic heterocycles. The van der Waals surface area contributed by atoms with Gasteiger partial charge in [-0.15, -0.1) is 22.7 Å². The quantitative estimate of drug-likeness (QED) is 0.859. The predicted octanol–water partition coefficient (Wildman–Crippen LogP) is 3.39. The molecule has 0 bridgehead atoms. The van der Waals surface area contributed by atoms with Gasteiger partial charge in [-0.3, -0.25) is 9.59 Å². The highest BCUT2D eigenvalue weighted by Crippen LogP contribution is 2.33. The number of aliphatic carboxylic acids is 1. The van der Waals surface area contributed by atoms with Crippen LogP contribution < -0.4 is 0 Å². The molecule has 22 heavy (non-hydrogen) atoms. The smallest absolute Gasteiger partial charge is 0.323 e. The fourth-order valence-electron chi connectivity index (χ4n) is 1.89. The topological polar surface area (TPSA) is 70.5 Å². The molecule has 0 fully saturated rings. The van der Waals surface area contributed by atoms with Crippen molar-refractivity contribution in [1.29, 1.82) is 0 Å². The van der Waals surface area contributed by atoms with Crippen LogP contribution in [0.2, 0.25) is 4.34 Å². The third-order valence-electron chi connectivity index (χ3n) is 2.92. The second-order valence-corrected chi connectivity index (χ2v) is 7.51. The number of hydrogen-bond donors (Lipinski definition) is 1. The van der Waals surface area contributed by atoms with Crippen LogP contribution in [0.4, 0.5) is 0 Å². The van der Waals surface area contributed by atoms with Gasteiger partial charge in [0.15, 0.2) is 0 Å². The van der Waals surface area contributed by atoms with E-state index in [2.05, 4.69) is 4.98 Å². The second-order valence-electron chi connectivity index (χ2n) is 4.93. The van der Waals surface area contributed by atoms with Gasteiger partial charge < -0.3 is 10.0 Å². The average molecular weight is 359 g/mol. The first-order valence-corrected chi connectivity index (χ1v) is 8.65. The first-order chi connectivity index (χ1) is 10.4. The normalized spacial score (nSPS) is 10.9. The van der Waals surface area contributed by atoms with E-state index in [-0.39, 0.29) is 24.9 Å². The molecule has 0 saturated heterocycles. The highest BCUT2D eigenvalue weighted by Gasteiger charge is 2.21. The van der Waals surface area contributed by atoms with Gasteiger partial charge in [0.25, 0.3) is 0 Å². The molecule has 0 aliphatic carbocycles. The standard InChI is InChI=1S/C14H15ClN2O3S2/c1-8(2)17(6-13(19)20)12(18)5-9-7-21-14(16-9)10-3-4-11(15)22-10/h3-4,7-8H,5-6H2,1-2H3,(H,19,20). The summed E-state index contributed by atoms with van der Waals surface area (Å²) in [5.41, 5.74) is 0.644. The summed E-state index contributed by atoms with van der Waals surface area (Å²) in [4.78, 5) is 29.8. The van der Waals surface area contributed by atoms with E-state index in [1.54, 1.807) is 19.9 Å². The molecule has 8 heteroatoms. The van der Waals surface area contributed by atoms with Crippen LogP contribution in [0.3, 0.4) is 0 Å². The van der Waals surface area contributed by atoms with Crippen LogP contribution in [-0.2, 0) is 16.0 Å². The van der Waals surface area contributed by atoms with Gasteiger partial charge in [-0.25, -0.2) is 4.98 Å². The van der Waals surface area contributed by atoms with Crippen molar-refractivity contribution in [1.82, 2.24) is 9.88 Å². The molecule has 0 saturated carbocycles. The van der Waals surface area contributed by atoms with E-state index in [1.165, 1.54) is 27.6 Å². The zero-order valence-electron chi connectivity index (χ0n) is 12.1. The summed E-state index contributed by atoms with van der Waals surface area (Å²) in [6.45, 7) is 3.29. The minimum Gasteiger partial charge on any atom is -0.480 e. The molecule has 0 radical (unpaired) electrons. The maximum absolute atomic E-state index is 12.2. The number of amides is 1. The number of carbonyl (C=O) groups is 2. The van der Waals surface area contributed by atoms with Gasteiger partial charge in [0.2, 0.25) is 5.91 Å². The Balaban J connectivity index is 2.08. The van der Waals surface area contributed by atoms with Crippen molar-refractivity contribution in [3.8, 4) is 9.88 Å². The monoisotopic (exact) mass is 358 g/mol. The van der Waals surface area contributed by atoms with Crippen LogP contribution >= 0.6 is 34.3 Å². The van der Waals surface area contributed by atoms with Gasteiger partial charge in [0.05, 0.1) is 21.3 Å². The van der Waals surface area contributed by atoms with Gasteiger partial charge >= 0.3 is 5.97 Å². The Morgan fingerprint density at radius 1 is 1.41 bits per heavy atom. The molecule has 0 atom stereocenters. The van der Waals surface area contributed by atoms with Crippen molar-refractivity contribution in [3.05, 3.63) is 27.5 Å². The molecule has 5 nitrogen and oxygen atoms in total. The summed E-state index contributed by atoms with van der Waals surface area (Å²) in [5.74, 6) is -1.26. The Kier molecular flexibility index (Phi) is 5.55. The van der Waals surface area contributed by atoms with Crippen LogP contribution in [-0.4, -0.2) is 39.5 Å². The first kappa shape index (κ1) is 16.9. The van der Waals surface area contributed by atoms with E-state index >= 15 is 0 Å². The summed E-state index contributed by atoms with van der Waals surface area (Å²) in [6.07, 6.45) is 0.0983. The van der Waals surface area contributed by atoms with E-state index in [0.717, 1.165) is 9.88 Å². The lowest BCUT2D eigenvalue weighted by Gasteiger charge is -2.24. The van der Waals surface area contributed by atoms with Crippen LogP contribution in [0.1, 0.15) is 19.5 Å². The summed E-state index contributed by atoms with van der Waals surface area (Å²) in [5, 5.41) is 11.5. The molecule has 2 rings (SSSR count). The Bertz CT molecular complexity index is 681. The number of thiazole rings is 1. The number of carboxylic acid groups (broad SMARTS) is 1. The number of hydrogen-bond acceptors (Lipinski definition) is 5. The van der Waals surface area contributed by atoms with Crippen molar-refractivity contribution < 1.29 is 14.7 Å². The van der Waals surface area contributed by atoms with Crippen molar-refractivity contribution >= 4 is 46.2 Å². The van der Waals surface area contributed by atoms with Crippen molar-refractivity contribution in [3.63, 3.8) is 0 Å². The highest BCUT2D eigenvalue weighted by molar-refractivity contribution is 7.23. The zero-order chi connectivity index (χ0) is 16.3. The third-order valence-corrected chi connectivity index (χ3v) is 5.21. The lowest BCUT2D eigenvalue weighted by atomic mass is 10.2. The minimum absolute atomic E-state index is 0.0983. The number of carbonyl (C=O) groups excluding carboxylic acids is 1. The molecule has 0 spiro atoms. The second kappa shape index (κ2) is 7.21. The largest absolute Gasteiger partial charge is 0.480 e. The molecule has 1 amide bonds. The number of aromatic nitrogens is 1. The van der Waals surface area contributed by atoms with Gasteiger partial charge in [0, 0.05) is 11.4 Å². The first-order valence-electron chi connectivity index (χ1n) is 6.58. The van der Waals surface area contributed by atoms with Crippen LogP contribution in [0.25, 0.3) is 9.88 Å². The third kappa shape index (κ3) is 4.28. The fraction of sp³-hybridized carbons (Fsp3) is 0.357. The zero-order valence-corrected chi connectivity index (χ0v) is 14.5. The van der Waals surface area contributed by atoms with Crippen molar-refractivity contribution in [2.75, 3.05) is 6.54 Å². The Labute approximate surface area is 141 Å². The maximum atomic E-state index is 12.2. The SMILES string of the molecule is CC(C)N(CC(=O)O)C(=O)Cc1csc(-c2ccc(Cl)s2)n1. The summed E-state index contributed by atoms with van der Waals surface area (Å²) < 4.78 is 0.690. The summed E-state index contributed by atoms with van der Waals surface area (Å²) >= 11 is 8.78. The molecule has 0 aromatic carbocycles. The molecule has 2 aromatic rings. The van der Waals surface area contributed by atoms with E-state index in [1.807, 2.05) is 11.4 Å². The van der Waals surface area contributed by atoms with E-state index in [4.69, 9.17) is 16.7 Å². The summed E-state index contributed by atoms with van der Waals surface area (Å²) in [7, 11) is 0. The molecule has 0 aliphatic heterocycles. The number of rotatable bonds is 6. The van der Waals surface area contributed by atoms with Crippen molar-refractivity contribution in [2.45, 2.75) is 26.3 Å². The Hall–Kier alpha value is -1.44. The lowest BCUT2D eigenvalue weighted by Crippen LogP contribution is -2.41. The number of halogens is 1. The minimum atomic E-state index is -1.02. The van der Waals surface area contributed by atoms with Gasteiger partial charge in [-0.1, -0.05) is 11.6 Å². The molecular weight excluding hydrogens is 344 g/mol. The fourth-order valence-corrected chi connectivity index (χ4v) is 3.83. The van der Waals surface area contributed by atoms with Gasteiger partial charge in [-0.2, -0.15) is 0 Å². The number of nitrogens with zero attached hydrogens (tertiary/aromatic N) is 2. The highest BCUT2D eigenvalue weighted by atomic mass is 35.5. The van der Waals surface area contributed by atoms with E-state index in [9.17, 15) is 9.59 Å². The maximum Gasteiger partial charge on any atom is 0.323 e.